The molecule has 0 bridgehead atoms. The van der Waals surface area contributed by atoms with Crippen LogP contribution in [0.15, 0.2) is 47.7 Å². The first-order chi connectivity index (χ1) is 9.17. The minimum atomic E-state index is -0.760. The van der Waals surface area contributed by atoms with Gasteiger partial charge in [-0.05, 0) is 18.2 Å². The van der Waals surface area contributed by atoms with Crippen LogP contribution in [0.3, 0.4) is 0 Å². The third kappa shape index (κ3) is 2.28. The molecule has 2 rings (SSSR count). The van der Waals surface area contributed by atoms with Crippen LogP contribution in [0.4, 0.5) is 0 Å². The Morgan fingerprint density at radius 2 is 2.00 bits per heavy atom. The van der Waals surface area contributed by atoms with Crippen LogP contribution in [0.25, 0.3) is 0 Å². The Hall–Kier alpha value is -1.69. The summed E-state index contributed by atoms with van der Waals surface area (Å²) in [5.74, 6) is 3.36. The van der Waals surface area contributed by atoms with E-state index < -0.39 is 5.60 Å². The number of terminal acetylenes is 1. The second-order valence-electron chi connectivity index (χ2n) is 4.26. The van der Waals surface area contributed by atoms with Crippen LogP contribution in [-0.4, -0.2) is 14.2 Å². The molecule has 1 aromatic rings. The smallest absolute Gasteiger partial charge is 0.155 e. The molecule has 0 N–H and O–H groups in total. The fraction of sp³-hybridized carbons (Fsp3) is 0.250. The average molecular weight is 275 g/mol. The summed E-state index contributed by atoms with van der Waals surface area (Å²) in [6.45, 7) is 0. The van der Waals surface area contributed by atoms with Gasteiger partial charge in [0.25, 0.3) is 0 Å². The Bertz CT molecular complexity index is 581. The molecule has 0 saturated carbocycles. The molecule has 0 amide bonds. The van der Waals surface area contributed by atoms with E-state index in [4.69, 9.17) is 27.5 Å². The van der Waals surface area contributed by atoms with Crippen LogP contribution >= 0.6 is 11.6 Å². The molecule has 1 aliphatic carbocycles. The highest BCUT2D eigenvalue weighted by Crippen LogP contribution is 2.44. The number of benzene rings is 1. The van der Waals surface area contributed by atoms with Gasteiger partial charge in [0.2, 0.25) is 0 Å². The fourth-order valence-electron chi connectivity index (χ4n) is 2.36. The summed E-state index contributed by atoms with van der Waals surface area (Å²) >= 11 is 6.31. The minimum absolute atomic E-state index is 0.531. The monoisotopic (exact) mass is 274 g/mol. The molecule has 0 aromatic heterocycles. The van der Waals surface area contributed by atoms with Gasteiger partial charge >= 0.3 is 0 Å². The van der Waals surface area contributed by atoms with Crippen LogP contribution in [0.5, 0.6) is 0 Å². The van der Waals surface area contributed by atoms with Crippen molar-refractivity contribution in [2.75, 3.05) is 14.2 Å². The van der Waals surface area contributed by atoms with Gasteiger partial charge < -0.3 is 9.47 Å². The van der Waals surface area contributed by atoms with Crippen LogP contribution in [-0.2, 0) is 15.1 Å². The third-order valence-corrected chi connectivity index (χ3v) is 3.67. The maximum absolute atomic E-state index is 6.31. The van der Waals surface area contributed by atoms with Gasteiger partial charge in [0.1, 0.15) is 5.76 Å². The molecule has 1 atom stereocenters. The van der Waals surface area contributed by atoms with Crippen molar-refractivity contribution in [3.05, 3.63) is 58.3 Å². The molecule has 1 aromatic carbocycles. The highest BCUT2D eigenvalue weighted by molar-refractivity contribution is 6.31. The van der Waals surface area contributed by atoms with Crippen LogP contribution in [0, 0.1) is 12.3 Å². The highest BCUT2D eigenvalue weighted by atomic mass is 35.5. The quantitative estimate of drug-likeness (QED) is 0.783. The Kier molecular flexibility index (Phi) is 3.99. The van der Waals surface area contributed by atoms with E-state index in [1.807, 2.05) is 36.4 Å². The molecule has 0 saturated heterocycles. The zero-order valence-corrected chi connectivity index (χ0v) is 11.7. The van der Waals surface area contributed by atoms with E-state index in [1.54, 1.807) is 14.2 Å². The summed E-state index contributed by atoms with van der Waals surface area (Å²) < 4.78 is 11.2. The van der Waals surface area contributed by atoms with Crippen molar-refractivity contribution in [2.24, 2.45) is 0 Å². The molecule has 0 radical (unpaired) electrons. The molecule has 0 fully saturated rings. The predicted octanol–water partition coefficient (Wildman–Crippen LogP) is 3.68. The zero-order chi connectivity index (χ0) is 13.9. The van der Waals surface area contributed by atoms with Gasteiger partial charge in [-0.2, -0.15) is 0 Å². The molecule has 1 unspecified atom stereocenters. The summed E-state index contributed by atoms with van der Waals surface area (Å²) in [6.07, 6.45) is 9.74. The fourth-order valence-corrected chi connectivity index (χ4v) is 2.64. The van der Waals surface area contributed by atoms with Crippen molar-refractivity contribution in [1.82, 2.24) is 0 Å². The highest BCUT2D eigenvalue weighted by Gasteiger charge is 2.41. The van der Waals surface area contributed by atoms with E-state index in [-0.39, 0.29) is 0 Å². The van der Waals surface area contributed by atoms with Crippen molar-refractivity contribution in [1.29, 1.82) is 0 Å². The number of ether oxygens (including phenoxy) is 2. The van der Waals surface area contributed by atoms with Gasteiger partial charge in [-0.1, -0.05) is 35.7 Å². The Morgan fingerprint density at radius 1 is 1.26 bits per heavy atom. The molecular weight excluding hydrogens is 260 g/mol. The first-order valence-corrected chi connectivity index (χ1v) is 6.28. The summed E-state index contributed by atoms with van der Waals surface area (Å²) in [4.78, 5) is 0. The van der Waals surface area contributed by atoms with Gasteiger partial charge in [-0.15, -0.1) is 6.42 Å². The maximum Gasteiger partial charge on any atom is 0.155 e. The average Bonchev–Trinajstić information content (AvgIpc) is 2.46. The topological polar surface area (TPSA) is 18.5 Å². The molecule has 0 heterocycles. The van der Waals surface area contributed by atoms with E-state index in [1.165, 1.54) is 0 Å². The van der Waals surface area contributed by atoms with E-state index in [2.05, 4.69) is 5.92 Å². The lowest BCUT2D eigenvalue weighted by atomic mass is 9.82. The first-order valence-electron chi connectivity index (χ1n) is 5.90. The second-order valence-corrected chi connectivity index (χ2v) is 4.67. The largest absolute Gasteiger partial charge is 0.498 e. The van der Waals surface area contributed by atoms with Gasteiger partial charge in [-0.3, -0.25) is 0 Å². The number of rotatable bonds is 3. The van der Waals surface area contributed by atoms with E-state index >= 15 is 0 Å². The van der Waals surface area contributed by atoms with Crippen molar-refractivity contribution in [3.8, 4) is 12.3 Å². The van der Waals surface area contributed by atoms with Gasteiger partial charge in [0, 0.05) is 29.7 Å². The number of allylic oxidation sites excluding steroid dienone is 2. The molecule has 0 aliphatic heterocycles. The predicted molar refractivity (Wildman–Crippen MR) is 76.8 cm³/mol. The molecule has 3 heteroatoms. The zero-order valence-electron chi connectivity index (χ0n) is 10.9. The van der Waals surface area contributed by atoms with Crippen LogP contribution in [0.1, 0.15) is 12.0 Å². The Morgan fingerprint density at radius 3 is 2.58 bits per heavy atom. The standard InChI is InChI=1S/C16H15ClO2/c1-4-12-9-10-15(18-2)16(11-12,19-3)13-7-5-6-8-14(13)17/h1,5-10H,11H2,2-3H3. The number of methoxy groups -OCH3 is 2. The Balaban J connectivity index is 2.61. The summed E-state index contributed by atoms with van der Waals surface area (Å²) in [6, 6.07) is 7.56. The van der Waals surface area contributed by atoms with Gasteiger partial charge in [0.15, 0.2) is 5.60 Å². The summed E-state index contributed by atoms with van der Waals surface area (Å²) in [5.41, 5.74) is 0.944. The van der Waals surface area contributed by atoms with Crippen molar-refractivity contribution in [3.63, 3.8) is 0 Å². The molecular formula is C16H15ClO2. The SMILES string of the molecule is C#CC1=CC=C(OC)C(OC)(c2ccccc2Cl)C1. The molecule has 2 nitrogen and oxygen atoms in total. The van der Waals surface area contributed by atoms with E-state index in [0.29, 0.717) is 17.2 Å². The lowest BCUT2D eigenvalue weighted by Gasteiger charge is -2.36. The Labute approximate surface area is 118 Å². The minimum Gasteiger partial charge on any atom is -0.498 e. The lowest BCUT2D eigenvalue weighted by Crippen LogP contribution is -2.34. The second kappa shape index (κ2) is 5.52. The molecule has 0 spiro atoms. The van der Waals surface area contributed by atoms with E-state index in [9.17, 15) is 0 Å². The number of halogens is 1. The molecule has 19 heavy (non-hydrogen) atoms. The summed E-state index contributed by atoms with van der Waals surface area (Å²) in [7, 11) is 3.25. The van der Waals surface area contributed by atoms with Gasteiger partial charge in [-0.25, -0.2) is 0 Å². The maximum atomic E-state index is 6.31. The lowest BCUT2D eigenvalue weighted by molar-refractivity contribution is -0.0241. The number of hydrogen-bond acceptors (Lipinski definition) is 2. The normalized spacial score (nSPS) is 22.2. The first kappa shape index (κ1) is 13.7. The third-order valence-electron chi connectivity index (χ3n) is 3.34. The molecule has 98 valence electrons. The van der Waals surface area contributed by atoms with Gasteiger partial charge in [0.05, 0.1) is 7.11 Å². The van der Waals surface area contributed by atoms with E-state index in [0.717, 1.165) is 11.1 Å². The molecule has 1 aliphatic rings. The number of hydrogen-bond donors (Lipinski definition) is 0. The van der Waals surface area contributed by atoms with Crippen molar-refractivity contribution in [2.45, 2.75) is 12.0 Å². The summed E-state index contributed by atoms with van der Waals surface area (Å²) in [5, 5.41) is 0.630. The van der Waals surface area contributed by atoms with Crippen molar-refractivity contribution >= 4 is 11.6 Å². The van der Waals surface area contributed by atoms with Crippen LogP contribution in [0.2, 0.25) is 5.02 Å². The van der Waals surface area contributed by atoms with Crippen LogP contribution < -0.4 is 0 Å². The van der Waals surface area contributed by atoms with Crippen molar-refractivity contribution < 1.29 is 9.47 Å².